The van der Waals surface area contributed by atoms with Crippen molar-refractivity contribution in [3.8, 4) is 5.75 Å². The molecule has 3 rings (SSSR count). The maximum absolute atomic E-state index is 10.9. The number of benzene rings is 2. The zero-order valence-corrected chi connectivity index (χ0v) is 14.6. The minimum atomic E-state index is -0.979. The lowest BCUT2D eigenvalue weighted by Crippen LogP contribution is -2.08. The van der Waals surface area contributed by atoms with Crippen molar-refractivity contribution in [1.82, 2.24) is 9.97 Å². The van der Waals surface area contributed by atoms with Crippen molar-refractivity contribution in [2.45, 2.75) is 6.54 Å². The van der Waals surface area contributed by atoms with Crippen LogP contribution in [-0.4, -0.2) is 28.2 Å². The highest BCUT2D eigenvalue weighted by Gasteiger charge is 2.09. The first kappa shape index (κ1) is 18.0. The van der Waals surface area contributed by atoms with E-state index < -0.39 is 5.97 Å². The van der Waals surface area contributed by atoms with Crippen molar-refractivity contribution in [3.63, 3.8) is 0 Å². The van der Waals surface area contributed by atoms with E-state index in [9.17, 15) is 4.79 Å². The molecule has 3 aromatic rings. The predicted molar refractivity (Wildman–Crippen MR) is 103 cm³/mol. The fourth-order valence-electron chi connectivity index (χ4n) is 2.40. The Bertz CT molecular complexity index is 927. The van der Waals surface area contributed by atoms with Gasteiger partial charge in [0, 0.05) is 12.2 Å². The number of carboxylic acid groups (broad SMARTS) is 1. The first-order chi connectivity index (χ1) is 13.1. The Morgan fingerprint density at radius 1 is 1.07 bits per heavy atom. The average Bonchev–Trinajstić information content (AvgIpc) is 2.69. The topological polar surface area (TPSA) is 122 Å². The maximum atomic E-state index is 10.9. The molecule has 0 unspecified atom stereocenters. The van der Waals surface area contributed by atoms with Crippen LogP contribution in [0.1, 0.15) is 15.9 Å². The summed E-state index contributed by atoms with van der Waals surface area (Å²) in [6, 6.07) is 14.0. The molecule has 0 saturated carbocycles. The fourth-order valence-corrected chi connectivity index (χ4v) is 2.40. The molecule has 0 aliphatic heterocycles. The minimum absolute atomic E-state index is 0.207. The molecule has 0 saturated heterocycles. The number of nitrogens with zero attached hydrogens (tertiary/aromatic N) is 2. The second-order valence-corrected chi connectivity index (χ2v) is 5.69. The molecule has 1 heterocycles. The predicted octanol–water partition coefficient (Wildman–Crippen LogP) is 3.12. The number of aromatic carboxylic acids is 1. The number of nitrogen functional groups attached to an aromatic ring is 1. The summed E-state index contributed by atoms with van der Waals surface area (Å²) in [6.07, 6.45) is 1.40. The molecule has 0 spiro atoms. The zero-order chi connectivity index (χ0) is 19.2. The largest absolute Gasteiger partial charge is 0.497 e. The maximum Gasteiger partial charge on any atom is 0.335 e. The van der Waals surface area contributed by atoms with Gasteiger partial charge in [0.1, 0.15) is 17.8 Å². The van der Waals surface area contributed by atoms with Gasteiger partial charge in [-0.1, -0.05) is 12.1 Å². The third-order valence-electron chi connectivity index (χ3n) is 3.90. The quantitative estimate of drug-likeness (QED) is 0.504. The summed E-state index contributed by atoms with van der Waals surface area (Å²) in [4.78, 5) is 19.2. The van der Waals surface area contributed by atoms with Crippen LogP contribution in [0.2, 0.25) is 0 Å². The SMILES string of the molecule is COc1ccc(CNc2ncnc(Nc3ccc(C(=O)O)cc3)c2N)cc1. The number of rotatable bonds is 7. The van der Waals surface area contributed by atoms with Gasteiger partial charge < -0.3 is 26.2 Å². The van der Waals surface area contributed by atoms with Crippen LogP contribution < -0.4 is 21.1 Å². The second kappa shape index (κ2) is 8.05. The lowest BCUT2D eigenvalue weighted by Gasteiger charge is -2.13. The van der Waals surface area contributed by atoms with E-state index in [0.29, 0.717) is 29.6 Å². The standard InChI is InChI=1S/C19H19N5O3/c1-27-15-8-2-12(3-9-15)10-21-17-16(20)18(23-11-22-17)24-14-6-4-13(5-7-14)19(25)26/h2-9,11H,10,20H2,1H3,(H,25,26)(H2,21,22,23,24). The highest BCUT2D eigenvalue weighted by molar-refractivity contribution is 5.88. The Labute approximate surface area is 156 Å². The molecule has 2 aromatic carbocycles. The summed E-state index contributed by atoms with van der Waals surface area (Å²) in [7, 11) is 1.62. The van der Waals surface area contributed by atoms with Crippen molar-refractivity contribution < 1.29 is 14.6 Å². The summed E-state index contributed by atoms with van der Waals surface area (Å²) >= 11 is 0. The Hall–Kier alpha value is -3.81. The van der Waals surface area contributed by atoms with E-state index in [1.807, 2.05) is 24.3 Å². The number of nitrogens with one attached hydrogen (secondary N) is 2. The number of ether oxygens (including phenoxy) is 1. The van der Waals surface area contributed by atoms with E-state index in [1.54, 1.807) is 19.2 Å². The van der Waals surface area contributed by atoms with Crippen molar-refractivity contribution in [3.05, 3.63) is 66.0 Å². The number of hydrogen-bond donors (Lipinski definition) is 4. The van der Waals surface area contributed by atoms with Gasteiger partial charge in [-0.2, -0.15) is 0 Å². The summed E-state index contributed by atoms with van der Waals surface area (Å²) in [6.45, 7) is 0.540. The molecule has 27 heavy (non-hydrogen) atoms. The van der Waals surface area contributed by atoms with Crippen LogP contribution in [0.5, 0.6) is 5.75 Å². The molecule has 0 bridgehead atoms. The van der Waals surface area contributed by atoms with Crippen LogP contribution in [0.3, 0.4) is 0 Å². The van der Waals surface area contributed by atoms with E-state index in [0.717, 1.165) is 11.3 Å². The van der Waals surface area contributed by atoms with Gasteiger partial charge in [-0.15, -0.1) is 0 Å². The summed E-state index contributed by atoms with van der Waals surface area (Å²) in [5.41, 5.74) is 8.45. The monoisotopic (exact) mass is 365 g/mol. The van der Waals surface area contributed by atoms with E-state index in [2.05, 4.69) is 20.6 Å². The molecule has 0 aliphatic rings. The second-order valence-electron chi connectivity index (χ2n) is 5.69. The fraction of sp³-hybridized carbons (Fsp3) is 0.105. The first-order valence-corrected chi connectivity index (χ1v) is 8.14. The van der Waals surface area contributed by atoms with Crippen LogP contribution in [-0.2, 0) is 6.54 Å². The zero-order valence-electron chi connectivity index (χ0n) is 14.6. The van der Waals surface area contributed by atoms with Crippen LogP contribution in [0, 0.1) is 0 Å². The summed E-state index contributed by atoms with van der Waals surface area (Å²) in [5, 5.41) is 15.2. The van der Waals surface area contributed by atoms with Crippen LogP contribution in [0.4, 0.5) is 23.0 Å². The van der Waals surface area contributed by atoms with E-state index in [4.69, 9.17) is 15.6 Å². The molecule has 0 fully saturated rings. The highest BCUT2D eigenvalue weighted by Crippen LogP contribution is 2.26. The van der Waals surface area contributed by atoms with Crippen molar-refractivity contribution in [1.29, 1.82) is 0 Å². The number of hydrogen-bond acceptors (Lipinski definition) is 7. The molecule has 8 nitrogen and oxygen atoms in total. The number of carbonyl (C=O) groups is 1. The average molecular weight is 365 g/mol. The van der Waals surface area contributed by atoms with Gasteiger partial charge in [0.05, 0.1) is 12.7 Å². The molecular formula is C19H19N5O3. The van der Waals surface area contributed by atoms with Gasteiger partial charge in [-0.05, 0) is 42.0 Å². The first-order valence-electron chi connectivity index (χ1n) is 8.14. The molecule has 138 valence electrons. The van der Waals surface area contributed by atoms with Crippen molar-refractivity contribution >= 4 is 29.0 Å². The Morgan fingerprint density at radius 2 is 1.74 bits per heavy atom. The molecule has 5 N–H and O–H groups in total. The van der Waals surface area contributed by atoms with Crippen molar-refractivity contribution in [2.24, 2.45) is 0 Å². The summed E-state index contributed by atoms with van der Waals surface area (Å²) < 4.78 is 5.14. The smallest absolute Gasteiger partial charge is 0.335 e. The Balaban J connectivity index is 1.70. The van der Waals surface area contributed by atoms with E-state index in [1.165, 1.54) is 18.5 Å². The number of carboxylic acids is 1. The third kappa shape index (κ3) is 4.43. The lowest BCUT2D eigenvalue weighted by molar-refractivity contribution is 0.0697. The van der Waals surface area contributed by atoms with Gasteiger partial charge in [0.25, 0.3) is 0 Å². The molecular weight excluding hydrogens is 346 g/mol. The van der Waals surface area contributed by atoms with Crippen LogP contribution in [0.25, 0.3) is 0 Å². The molecule has 1 aromatic heterocycles. The van der Waals surface area contributed by atoms with Gasteiger partial charge in [0.2, 0.25) is 0 Å². The van der Waals surface area contributed by atoms with Gasteiger partial charge in [-0.3, -0.25) is 0 Å². The third-order valence-corrected chi connectivity index (χ3v) is 3.90. The van der Waals surface area contributed by atoms with Gasteiger partial charge in [0.15, 0.2) is 11.6 Å². The van der Waals surface area contributed by atoms with Crippen molar-refractivity contribution in [2.75, 3.05) is 23.5 Å². The molecule has 0 amide bonds. The van der Waals surface area contributed by atoms with Crippen LogP contribution in [0.15, 0.2) is 54.9 Å². The lowest BCUT2D eigenvalue weighted by atomic mass is 10.2. The molecule has 0 aliphatic carbocycles. The van der Waals surface area contributed by atoms with E-state index >= 15 is 0 Å². The Morgan fingerprint density at radius 3 is 2.37 bits per heavy atom. The van der Waals surface area contributed by atoms with E-state index in [-0.39, 0.29) is 5.56 Å². The number of anilines is 4. The van der Waals surface area contributed by atoms with Gasteiger partial charge >= 0.3 is 5.97 Å². The van der Waals surface area contributed by atoms with Gasteiger partial charge in [-0.25, -0.2) is 14.8 Å². The Kier molecular flexibility index (Phi) is 5.36. The highest BCUT2D eigenvalue weighted by atomic mass is 16.5. The molecule has 0 atom stereocenters. The normalized spacial score (nSPS) is 10.3. The summed E-state index contributed by atoms with van der Waals surface area (Å²) in [5.74, 6) is 0.754. The van der Waals surface area contributed by atoms with Crippen LogP contribution >= 0.6 is 0 Å². The number of methoxy groups -OCH3 is 1. The number of nitrogens with two attached hydrogens (primary N) is 1. The molecule has 8 heteroatoms. The number of aromatic nitrogens is 2. The minimum Gasteiger partial charge on any atom is -0.497 e. The molecule has 0 radical (unpaired) electrons.